The largest absolute Gasteiger partial charge is 0.482 e. The number of H-pyrrole nitrogens is 1. The van der Waals surface area contributed by atoms with E-state index < -0.39 is 12.6 Å². The highest BCUT2D eigenvalue weighted by atomic mass is 16.5. The smallest absolute Gasteiger partial charge is 0.341 e. The number of ether oxygens (including phenoxy) is 1. The van der Waals surface area contributed by atoms with Crippen LogP contribution in [0.25, 0.3) is 50.6 Å². The van der Waals surface area contributed by atoms with Crippen molar-refractivity contribution in [2.75, 3.05) is 18.1 Å². The molecule has 59 heavy (non-hydrogen) atoms. The van der Waals surface area contributed by atoms with Crippen LogP contribution in [0.1, 0.15) is 24.5 Å². The summed E-state index contributed by atoms with van der Waals surface area (Å²) in [5, 5.41) is 18.4. The van der Waals surface area contributed by atoms with Gasteiger partial charge >= 0.3 is 11.7 Å². The van der Waals surface area contributed by atoms with Crippen LogP contribution >= 0.6 is 0 Å². The second kappa shape index (κ2) is 16.3. The molecule has 0 amide bonds. The number of carboxylic acid groups (broad SMARTS) is 1. The Morgan fingerprint density at radius 3 is 2.37 bits per heavy atom. The Labute approximate surface area is 334 Å². The molecule has 0 saturated heterocycles. The zero-order valence-corrected chi connectivity index (χ0v) is 31.9. The number of nitrogens with two attached hydrogens (primary N) is 2. The minimum atomic E-state index is -1.06. The van der Waals surface area contributed by atoms with Gasteiger partial charge < -0.3 is 30.7 Å². The maximum absolute atomic E-state index is 13.2. The summed E-state index contributed by atoms with van der Waals surface area (Å²) < 4.78 is 16.7. The van der Waals surface area contributed by atoms with Crippen LogP contribution in [0.5, 0.6) is 5.75 Å². The van der Waals surface area contributed by atoms with Gasteiger partial charge in [0.1, 0.15) is 11.3 Å². The number of aromatic nitrogens is 9. The van der Waals surface area contributed by atoms with E-state index in [4.69, 9.17) is 25.7 Å². The van der Waals surface area contributed by atoms with Crippen LogP contribution in [-0.4, -0.2) is 61.2 Å². The lowest BCUT2D eigenvalue weighted by molar-refractivity contribution is -0.139. The average molecular weight is 794 g/mol. The quantitative estimate of drug-likeness (QED) is 0.117. The van der Waals surface area contributed by atoms with Crippen LogP contribution in [0.15, 0.2) is 124 Å². The van der Waals surface area contributed by atoms with Crippen molar-refractivity contribution in [3.8, 4) is 28.6 Å². The number of aliphatic carboxylic acids is 1. The van der Waals surface area contributed by atoms with Gasteiger partial charge in [-0.05, 0) is 84.1 Å². The van der Waals surface area contributed by atoms with Gasteiger partial charge in [-0.1, -0.05) is 49.4 Å². The van der Waals surface area contributed by atoms with Crippen LogP contribution < -0.4 is 27.5 Å². The molecule has 0 aliphatic heterocycles. The minimum absolute atomic E-state index is 0.263. The van der Waals surface area contributed by atoms with E-state index in [0.29, 0.717) is 77.1 Å². The second-order valence-corrected chi connectivity index (χ2v) is 13.7. The first kappa shape index (κ1) is 37.9. The first-order chi connectivity index (χ1) is 28.7. The molecule has 0 atom stereocenters. The summed E-state index contributed by atoms with van der Waals surface area (Å²) in [5.74, 6) is 0.671. The van der Waals surface area contributed by atoms with E-state index in [2.05, 4.69) is 37.3 Å². The number of nitrogens with zero attached hydrogens (tertiary/aromatic N) is 8. The molecule has 0 radical (unpaired) electrons. The number of aryl methyl sites for hydroxylation is 2. The summed E-state index contributed by atoms with van der Waals surface area (Å²) in [7, 11) is 0. The molecule has 0 bridgehead atoms. The van der Waals surface area contributed by atoms with Crippen LogP contribution in [0, 0.1) is 0 Å². The molecule has 6 heterocycles. The number of benzene rings is 3. The molecular formula is C42H39N11O6. The summed E-state index contributed by atoms with van der Waals surface area (Å²) in [6, 6.07) is 29.7. The molecule has 0 spiro atoms. The third kappa shape index (κ3) is 7.89. The van der Waals surface area contributed by atoms with Gasteiger partial charge in [0.05, 0.1) is 29.9 Å². The van der Waals surface area contributed by atoms with Gasteiger partial charge in [0.2, 0.25) is 11.8 Å². The fraction of sp³-hybridized carbons (Fsp3) is 0.167. The predicted molar refractivity (Wildman–Crippen MR) is 222 cm³/mol. The van der Waals surface area contributed by atoms with Crippen molar-refractivity contribution in [3.63, 3.8) is 0 Å². The maximum Gasteiger partial charge on any atom is 0.341 e. The van der Waals surface area contributed by atoms with Crippen molar-refractivity contribution in [2.45, 2.75) is 39.4 Å². The Bertz CT molecular complexity index is 3020. The number of carboxylic acids is 1. The SMILES string of the molecule is CCCn1c(=O)c2[nH]c(-c3ccc(OCC(=O)O)cc3)cc2n(Cc2ccc(N)cc2)c1=O.Nc1nc2c(cnn2CCc2ccccc2)c2nc(-c3ccco3)nn12. The number of fused-ring (bicyclic) bond motifs is 4. The molecule has 0 unspecified atom stereocenters. The summed E-state index contributed by atoms with van der Waals surface area (Å²) in [5.41, 5.74) is 17.5. The van der Waals surface area contributed by atoms with E-state index in [9.17, 15) is 14.4 Å². The van der Waals surface area contributed by atoms with Crippen LogP contribution in [-0.2, 0) is 30.8 Å². The van der Waals surface area contributed by atoms with Crippen molar-refractivity contribution >= 4 is 45.3 Å². The minimum Gasteiger partial charge on any atom is -0.482 e. The highest BCUT2D eigenvalue weighted by molar-refractivity contribution is 5.90. The number of hydrogen-bond acceptors (Lipinski definition) is 11. The van der Waals surface area contributed by atoms with Crippen molar-refractivity contribution in [1.82, 2.24) is 43.5 Å². The second-order valence-electron chi connectivity index (χ2n) is 13.7. The molecule has 0 aliphatic carbocycles. The highest BCUT2D eigenvalue weighted by Gasteiger charge is 2.19. The fourth-order valence-corrected chi connectivity index (χ4v) is 6.71. The lowest BCUT2D eigenvalue weighted by Crippen LogP contribution is -2.40. The number of rotatable bonds is 12. The average Bonchev–Trinajstić information content (AvgIpc) is 4.08. The van der Waals surface area contributed by atoms with Crippen molar-refractivity contribution < 1.29 is 19.1 Å². The van der Waals surface area contributed by atoms with E-state index >= 15 is 0 Å². The van der Waals surface area contributed by atoms with Crippen molar-refractivity contribution in [1.29, 1.82) is 0 Å². The number of carbonyl (C=O) groups is 1. The van der Waals surface area contributed by atoms with Gasteiger partial charge in [-0.25, -0.2) is 19.3 Å². The van der Waals surface area contributed by atoms with E-state index in [1.165, 1.54) is 14.6 Å². The number of hydrogen-bond donors (Lipinski definition) is 4. The fourth-order valence-electron chi connectivity index (χ4n) is 6.71. The molecule has 0 saturated carbocycles. The number of aromatic amines is 1. The van der Waals surface area contributed by atoms with Gasteiger partial charge in [-0.3, -0.25) is 13.9 Å². The monoisotopic (exact) mass is 793 g/mol. The van der Waals surface area contributed by atoms with Crippen LogP contribution in [0.3, 0.4) is 0 Å². The van der Waals surface area contributed by atoms with E-state index in [0.717, 1.165) is 22.9 Å². The van der Waals surface area contributed by atoms with E-state index in [1.807, 2.05) is 41.9 Å². The first-order valence-electron chi connectivity index (χ1n) is 18.8. The Hall–Kier alpha value is -7.95. The Kier molecular flexibility index (Phi) is 10.5. The molecular weight excluding hydrogens is 755 g/mol. The summed E-state index contributed by atoms with van der Waals surface area (Å²) in [4.78, 5) is 49.1. The zero-order valence-electron chi connectivity index (χ0n) is 31.9. The number of nitrogens with one attached hydrogen (secondary N) is 1. The van der Waals surface area contributed by atoms with Crippen molar-refractivity contribution in [3.05, 3.63) is 141 Å². The summed E-state index contributed by atoms with van der Waals surface area (Å²) in [6.45, 7) is 2.79. The number of anilines is 2. The van der Waals surface area contributed by atoms with Crippen LogP contribution in [0.4, 0.5) is 11.6 Å². The predicted octanol–water partition coefficient (Wildman–Crippen LogP) is 5.22. The van der Waals surface area contributed by atoms with Gasteiger partial charge in [0.25, 0.3) is 5.56 Å². The molecule has 0 aliphatic rings. The Morgan fingerprint density at radius 2 is 1.66 bits per heavy atom. The molecule has 0 fully saturated rings. The summed E-state index contributed by atoms with van der Waals surface area (Å²) >= 11 is 0. The Balaban J connectivity index is 0.000000168. The molecule has 3 aromatic carbocycles. The summed E-state index contributed by atoms with van der Waals surface area (Å²) in [6.07, 6.45) is 4.84. The lowest BCUT2D eigenvalue weighted by atomic mass is 10.1. The van der Waals surface area contributed by atoms with Gasteiger partial charge in [0, 0.05) is 24.5 Å². The standard InChI is InChI=1S/C24H24N4O5.C18H15N7O/c1-2-11-27-23(31)22-20(28(24(27)32)13-15-3-7-17(25)8-4-15)12-19(26-22)16-5-9-18(10-6-16)33-14-21(29)30;19-18-22-16-13(11-20-24(16)9-8-12-5-2-1-3-6-12)17-21-15(23-25(17)18)14-7-4-10-26-14/h3-10,12,26H,2,11,13-14,25H2,1H3,(H,29,30);1-7,10-11H,8-9H2,(H2,19,22). The molecule has 17 nitrogen and oxygen atoms in total. The molecule has 298 valence electrons. The Morgan fingerprint density at radius 1 is 0.881 bits per heavy atom. The third-order valence-corrected chi connectivity index (χ3v) is 9.60. The highest BCUT2D eigenvalue weighted by Crippen LogP contribution is 2.26. The van der Waals surface area contributed by atoms with Crippen molar-refractivity contribution in [2.24, 2.45) is 0 Å². The topological polar surface area (TPSA) is 232 Å². The van der Waals surface area contributed by atoms with E-state index in [1.54, 1.807) is 71.6 Å². The van der Waals surface area contributed by atoms with Gasteiger partial charge in [-0.2, -0.15) is 14.6 Å². The van der Waals surface area contributed by atoms with Gasteiger partial charge in [-0.15, -0.1) is 5.10 Å². The lowest BCUT2D eigenvalue weighted by Gasteiger charge is -2.12. The number of nitrogen functional groups attached to an aromatic ring is 2. The third-order valence-electron chi connectivity index (χ3n) is 9.60. The normalized spacial score (nSPS) is 11.3. The van der Waals surface area contributed by atoms with E-state index in [-0.39, 0.29) is 17.2 Å². The molecule has 17 heteroatoms. The maximum atomic E-state index is 13.2. The molecule has 9 aromatic rings. The molecule has 9 rings (SSSR count). The molecule has 6 N–H and O–H groups in total. The van der Waals surface area contributed by atoms with Crippen LogP contribution in [0.2, 0.25) is 0 Å². The molecule has 6 aromatic heterocycles. The number of furan rings is 1. The van der Waals surface area contributed by atoms with Gasteiger partial charge in [0.15, 0.2) is 23.7 Å². The zero-order chi connectivity index (χ0) is 41.0. The first-order valence-corrected chi connectivity index (χ1v) is 18.8.